The van der Waals surface area contributed by atoms with Gasteiger partial charge in [-0.25, -0.2) is 4.98 Å². The fourth-order valence-electron chi connectivity index (χ4n) is 2.24. The van der Waals surface area contributed by atoms with Crippen molar-refractivity contribution in [2.75, 3.05) is 26.8 Å². The summed E-state index contributed by atoms with van der Waals surface area (Å²) >= 11 is 0. The van der Waals surface area contributed by atoms with Gasteiger partial charge in [-0.05, 0) is 7.05 Å². The van der Waals surface area contributed by atoms with Crippen molar-refractivity contribution in [2.45, 2.75) is 6.42 Å². The number of benzene rings is 1. The van der Waals surface area contributed by atoms with Gasteiger partial charge in [0.1, 0.15) is 19.0 Å². The smallest absolute Gasteiger partial charge is 0.163 e. The molecule has 18 heavy (non-hydrogen) atoms. The minimum absolute atomic E-state index is 0.609. The van der Waals surface area contributed by atoms with Crippen molar-refractivity contribution < 1.29 is 9.47 Å². The second kappa shape index (κ2) is 4.49. The third-order valence-corrected chi connectivity index (χ3v) is 3.24. The number of hydrogen-bond acceptors (Lipinski definition) is 4. The number of rotatable bonds is 3. The molecule has 0 spiro atoms. The topological polar surface area (TPSA) is 48.3 Å². The number of aromatic nitrogens is 2. The van der Waals surface area contributed by atoms with Gasteiger partial charge in [-0.15, -0.1) is 0 Å². The molecule has 0 bridgehead atoms. The van der Waals surface area contributed by atoms with Crippen molar-refractivity contribution >= 4 is 11.0 Å². The first-order valence-electron chi connectivity index (χ1n) is 6.19. The van der Waals surface area contributed by atoms with Crippen LogP contribution in [-0.2, 0) is 13.5 Å². The van der Waals surface area contributed by atoms with Crippen molar-refractivity contribution in [2.24, 2.45) is 7.05 Å². The van der Waals surface area contributed by atoms with Crippen LogP contribution in [0.25, 0.3) is 11.0 Å². The number of hydrogen-bond donors (Lipinski definition) is 1. The number of fused-ring (bicyclic) bond motifs is 2. The third-order valence-electron chi connectivity index (χ3n) is 3.24. The van der Waals surface area contributed by atoms with Crippen LogP contribution in [0, 0.1) is 0 Å². The van der Waals surface area contributed by atoms with Gasteiger partial charge in [-0.3, -0.25) is 0 Å². The predicted octanol–water partition coefficient (Wildman–Crippen LogP) is 1.11. The zero-order valence-corrected chi connectivity index (χ0v) is 10.7. The van der Waals surface area contributed by atoms with Crippen LogP contribution in [0.1, 0.15) is 5.82 Å². The summed E-state index contributed by atoms with van der Waals surface area (Å²) in [5.74, 6) is 2.69. The predicted molar refractivity (Wildman–Crippen MR) is 69.3 cm³/mol. The summed E-state index contributed by atoms with van der Waals surface area (Å²) in [6.45, 7) is 2.14. The Morgan fingerprint density at radius 1 is 1.28 bits per heavy atom. The van der Waals surface area contributed by atoms with E-state index in [0.29, 0.717) is 13.2 Å². The summed E-state index contributed by atoms with van der Waals surface area (Å²) in [5.41, 5.74) is 2.05. The Morgan fingerprint density at radius 2 is 2.00 bits per heavy atom. The lowest BCUT2D eigenvalue weighted by Crippen LogP contribution is -2.15. The number of ether oxygens (including phenoxy) is 2. The summed E-state index contributed by atoms with van der Waals surface area (Å²) in [4.78, 5) is 4.65. The molecule has 0 saturated heterocycles. The quantitative estimate of drug-likeness (QED) is 0.882. The van der Waals surface area contributed by atoms with Crippen molar-refractivity contribution in [3.05, 3.63) is 18.0 Å². The van der Waals surface area contributed by atoms with Gasteiger partial charge in [0.05, 0.1) is 11.0 Å². The van der Waals surface area contributed by atoms with Gasteiger partial charge < -0.3 is 19.4 Å². The normalized spacial score (nSPS) is 14.1. The summed E-state index contributed by atoms with van der Waals surface area (Å²) in [6, 6.07) is 3.98. The molecule has 1 N–H and O–H groups in total. The fraction of sp³-hybridized carbons (Fsp3) is 0.462. The molecule has 96 valence electrons. The second-order valence-corrected chi connectivity index (χ2v) is 4.43. The van der Waals surface area contributed by atoms with Crippen LogP contribution in [0.5, 0.6) is 11.5 Å². The molecule has 0 radical (unpaired) electrons. The highest BCUT2D eigenvalue weighted by Gasteiger charge is 2.16. The van der Waals surface area contributed by atoms with Crippen LogP contribution < -0.4 is 14.8 Å². The number of imidazole rings is 1. The fourth-order valence-corrected chi connectivity index (χ4v) is 2.24. The highest BCUT2D eigenvalue weighted by atomic mass is 16.6. The first-order chi connectivity index (χ1) is 8.79. The highest BCUT2D eigenvalue weighted by Crippen LogP contribution is 2.34. The Morgan fingerprint density at radius 3 is 2.72 bits per heavy atom. The SMILES string of the molecule is CNCCc1nc2cc3c(cc2n1C)OCCO3. The van der Waals surface area contributed by atoms with E-state index in [1.54, 1.807) is 0 Å². The lowest BCUT2D eigenvalue weighted by Gasteiger charge is -2.18. The van der Waals surface area contributed by atoms with E-state index in [1.165, 1.54) is 0 Å². The van der Waals surface area contributed by atoms with Gasteiger partial charge in [0.2, 0.25) is 0 Å². The molecule has 2 heterocycles. The van der Waals surface area contributed by atoms with Gasteiger partial charge >= 0.3 is 0 Å². The van der Waals surface area contributed by atoms with Crippen LogP contribution >= 0.6 is 0 Å². The number of nitrogens with one attached hydrogen (secondary N) is 1. The van der Waals surface area contributed by atoms with Crippen molar-refractivity contribution in [1.29, 1.82) is 0 Å². The first kappa shape index (κ1) is 11.3. The van der Waals surface area contributed by atoms with E-state index in [9.17, 15) is 0 Å². The van der Waals surface area contributed by atoms with Gasteiger partial charge in [0.25, 0.3) is 0 Å². The first-order valence-corrected chi connectivity index (χ1v) is 6.19. The van der Waals surface area contributed by atoms with E-state index in [4.69, 9.17) is 9.47 Å². The molecule has 0 amide bonds. The van der Waals surface area contributed by atoms with Crippen molar-refractivity contribution in [1.82, 2.24) is 14.9 Å². The lowest BCUT2D eigenvalue weighted by atomic mass is 10.2. The molecular weight excluding hydrogens is 230 g/mol. The standard InChI is InChI=1S/C13H17N3O2/c1-14-4-3-13-15-9-7-11-12(18-6-5-17-11)8-10(9)16(13)2/h7-8,14H,3-6H2,1-2H3. The molecule has 5 heteroatoms. The van der Waals surface area contributed by atoms with E-state index in [1.807, 2.05) is 26.2 Å². The third kappa shape index (κ3) is 1.80. The van der Waals surface area contributed by atoms with E-state index < -0.39 is 0 Å². The van der Waals surface area contributed by atoms with Crippen LogP contribution in [-0.4, -0.2) is 36.4 Å². The Bertz CT molecular complexity index is 577. The average molecular weight is 247 g/mol. The van der Waals surface area contributed by atoms with E-state index in [-0.39, 0.29) is 0 Å². The number of nitrogens with zero attached hydrogens (tertiary/aromatic N) is 2. The monoisotopic (exact) mass is 247 g/mol. The molecular formula is C13H17N3O2. The molecule has 0 atom stereocenters. The average Bonchev–Trinajstić information content (AvgIpc) is 2.70. The molecule has 0 fully saturated rings. The molecule has 1 aliphatic heterocycles. The molecule has 1 aliphatic rings. The molecule has 2 aromatic rings. The Balaban J connectivity index is 2.06. The summed E-state index contributed by atoms with van der Waals surface area (Å²) in [5, 5.41) is 3.14. The lowest BCUT2D eigenvalue weighted by molar-refractivity contribution is 0.172. The molecule has 0 unspecified atom stereocenters. The summed E-state index contributed by atoms with van der Waals surface area (Å²) in [6.07, 6.45) is 0.911. The molecule has 0 saturated carbocycles. The molecule has 0 aliphatic carbocycles. The minimum atomic E-state index is 0.609. The summed E-state index contributed by atoms with van der Waals surface area (Å²) in [7, 11) is 3.99. The highest BCUT2D eigenvalue weighted by molar-refractivity contribution is 5.80. The maximum atomic E-state index is 5.60. The van der Waals surface area contributed by atoms with E-state index >= 15 is 0 Å². The maximum absolute atomic E-state index is 5.60. The maximum Gasteiger partial charge on any atom is 0.163 e. The van der Waals surface area contributed by atoms with Gasteiger partial charge in [-0.1, -0.05) is 0 Å². The van der Waals surface area contributed by atoms with Crippen LogP contribution in [0.4, 0.5) is 0 Å². The van der Waals surface area contributed by atoms with Crippen LogP contribution in [0.2, 0.25) is 0 Å². The van der Waals surface area contributed by atoms with Crippen LogP contribution in [0.3, 0.4) is 0 Å². The molecule has 5 nitrogen and oxygen atoms in total. The van der Waals surface area contributed by atoms with E-state index in [0.717, 1.165) is 41.3 Å². The molecule has 1 aromatic carbocycles. The second-order valence-electron chi connectivity index (χ2n) is 4.43. The number of aryl methyl sites for hydroxylation is 1. The Labute approximate surface area is 106 Å². The van der Waals surface area contributed by atoms with Gasteiger partial charge in [-0.2, -0.15) is 0 Å². The number of likely N-dealkylation sites (N-methyl/N-ethyl adjacent to an activating group) is 1. The summed E-state index contributed by atoms with van der Waals surface area (Å²) < 4.78 is 13.3. The van der Waals surface area contributed by atoms with Gasteiger partial charge in [0, 0.05) is 32.1 Å². The molecule has 3 rings (SSSR count). The Hall–Kier alpha value is -1.75. The minimum Gasteiger partial charge on any atom is -0.486 e. The zero-order chi connectivity index (χ0) is 12.5. The van der Waals surface area contributed by atoms with E-state index in [2.05, 4.69) is 14.9 Å². The molecule has 1 aromatic heterocycles. The zero-order valence-electron chi connectivity index (χ0n) is 10.7. The largest absolute Gasteiger partial charge is 0.486 e. The van der Waals surface area contributed by atoms with Gasteiger partial charge in [0.15, 0.2) is 11.5 Å². The van der Waals surface area contributed by atoms with Crippen molar-refractivity contribution in [3.8, 4) is 11.5 Å². The Kier molecular flexibility index (Phi) is 2.83. The van der Waals surface area contributed by atoms with Crippen molar-refractivity contribution in [3.63, 3.8) is 0 Å². The van der Waals surface area contributed by atoms with Crippen LogP contribution in [0.15, 0.2) is 12.1 Å².